The molecule has 3 atom stereocenters. The first kappa shape index (κ1) is 36.9. The standard InChI is InChI=1S/C37H61O4P/c1-15-17-22-37(16-2,31(38)27-20-18-25(33(3,4)5)23-29(27)35(9,10)11)32(41-42(39)40)28-21-19-26(34(6,7)8)24-30(28)36(12,13)14/h18-21,23-24,31-32,38-40H,15-17,22H2,1-14H3. The van der Waals surface area contributed by atoms with Gasteiger partial charge in [0.05, 0.1) is 6.10 Å². The van der Waals surface area contributed by atoms with E-state index in [-0.39, 0.29) is 21.7 Å². The molecule has 0 aliphatic rings. The van der Waals surface area contributed by atoms with E-state index < -0.39 is 26.2 Å². The predicted octanol–water partition coefficient (Wildman–Crippen LogP) is 10.5. The third-order valence-corrected chi connectivity index (χ3v) is 9.35. The van der Waals surface area contributed by atoms with Crippen molar-refractivity contribution in [3.63, 3.8) is 0 Å². The van der Waals surface area contributed by atoms with Gasteiger partial charge in [-0.3, -0.25) is 0 Å². The van der Waals surface area contributed by atoms with Gasteiger partial charge >= 0.3 is 8.60 Å². The topological polar surface area (TPSA) is 69.9 Å². The van der Waals surface area contributed by atoms with Crippen LogP contribution in [0.2, 0.25) is 0 Å². The van der Waals surface area contributed by atoms with E-state index in [4.69, 9.17) is 4.52 Å². The van der Waals surface area contributed by atoms with Crippen molar-refractivity contribution in [2.45, 2.75) is 156 Å². The molecule has 2 aromatic rings. The van der Waals surface area contributed by atoms with Crippen molar-refractivity contribution in [1.29, 1.82) is 0 Å². The predicted molar refractivity (Wildman–Crippen MR) is 180 cm³/mol. The zero-order valence-corrected chi connectivity index (χ0v) is 30.0. The van der Waals surface area contributed by atoms with Crippen LogP contribution in [-0.2, 0) is 26.2 Å². The minimum atomic E-state index is -2.68. The molecule has 0 heterocycles. The van der Waals surface area contributed by atoms with Gasteiger partial charge in [-0.15, -0.1) is 0 Å². The highest BCUT2D eigenvalue weighted by Crippen LogP contribution is 2.58. The Morgan fingerprint density at radius 1 is 0.667 bits per heavy atom. The summed E-state index contributed by atoms with van der Waals surface area (Å²) in [5, 5.41) is 12.7. The molecule has 2 aromatic carbocycles. The summed E-state index contributed by atoms with van der Waals surface area (Å²) in [5.41, 5.74) is 5.18. The Kier molecular flexibility index (Phi) is 11.7. The van der Waals surface area contributed by atoms with Crippen molar-refractivity contribution in [1.82, 2.24) is 0 Å². The largest absolute Gasteiger partial charge is 0.388 e. The van der Waals surface area contributed by atoms with E-state index >= 15 is 0 Å². The van der Waals surface area contributed by atoms with Crippen molar-refractivity contribution in [2.75, 3.05) is 0 Å². The molecule has 3 unspecified atom stereocenters. The molecule has 0 radical (unpaired) electrons. The van der Waals surface area contributed by atoms with Gasteiger partial charge in [0.1, 0.15) is 6.10 Å². The fourth-order valence-electron chi connectivity index (χ4n) is 6.16. The Bertz CT molecular complexity index is 1170. The Labute approximate surface area is 259 Å². The van der Waals surface area contributed by atoms with E-state index in [1.54, 1.807) is 0 Å². The lowest BCUT2D eigenvalue weighted by Gasteiger charge is -2.46. The fourth-order valence-corrected chi connectivity index (χ4v) is 6.67. The van der Waals surface area contributed by atoms with Crippen molar-refractivity contribution in [3.05, 3.63) is 69.8 Å². The summed E-state index contributed by atoms with van der Waals surface area (Å²) in [6.45, 7) is 30.7. The van der Waals surface area contributed by atoms with Gasteiger partial charge in [0.25, 0.3) is 0 Å². The van der Waals surface area contributed by atoms with Crippen LogP contribution in [0.5, 0.6) is 0 Å². The molecule has 0 aromatic heterocycles. The molecule has 0 aliphatic heterocycles. The highest BCUT2D eigenvalue weighted by Gasteiger charge is 2.49. The molecule has 4 nitrogen and oxygen atoms in total. The quantitative estimate of drug-likeness (QED) is 0.237. The maximum absolute atomic E-state index is 12.7. The summed E-state index contributed by atoms with van der Waals surface area (Å²) in [6, 6.07) is 13.0. The molecule has 0 amide bonds. The Hall–Kier alpha value is -1.29. The maximum Gasteiger partial charge on any atom is 0.327 e. The monoisotopic (exact) mass is 600 g/mol. The zero-order chi connectivity index (χ0) is 32.5. The molecule has 42 heavy (non-hydrogen) atoms. The van der Waals surface area contributed by atoms with Crippen LogP contribution >= 0.6 is 8.60 Å². The van der Waals surface area contributed by atoms with Crippen molar-refractivity contribution in [2.24, 2.45) is 5.41 Å². The van der Waals surface area contributed by atoms with E-state index in [2.05, 4.69) is 133 Å². The SMILES string of the molecule is CCCCC(CC)(C(O)c1ccc(C(C)(C)C)cc1C(C)(C)C)C(OP(O)O)c1ccc(C(C)(C)C)cc1C(C)(C)C. The Balaban J connectivity index is 3.00. The normalized spacial score (nSPS) is 16.4. The first-order chi connectivity index (χ1) is 19.0. The molecule has 0 fully saturated rings. The van der Waals surface area contributed by atoms with Gasteiger partial charge in [-0.25, -0.2) is 0 Å². The van der Waals surface area contributed by atoms with E-state index in [1.165, 1.54) is 11.1 Å². The van der Waals surface area contributed by atoms with Gasteiger partial charge in [0.15, 0.2) is 0 Å². The van der Waals surface area contributed by atoms with Crippen LogP contribution in [0.15, 0.2) is 36.4 Å². The first-order valence-electron chi connectivity index (χ1n) is 15.8. The summed E-state index contributed by atoms with van der Waals surface area (Å²) in [6.07, 6.45) is 1.53. The van der Waals surface area contributed by atoms with Crippen LogP contribution in [0, 0.1) is 5.41 Å². The summed E-state index contributed by atoms with van der Waals surface area (Å²) < 4.78 is 6.21. The van der Waals surface area contributed by atoms with E-state index in [0.29, 0.717) is 12.8 Å². The summed E-state index contributed by atoms with van der Waals surface area (Å²) in [5.74, 6) is 0. The van der Waals surface area contributed by atoms with Crippen LogP contribution in [-0.4, -0.2) is 14.9 Å². The molecular formula is C37H61O4P. The molecular weight excluding hydrogens is 539 g/mol. The maximum atomic E-state index is 12.7. The number of hydrogen-bond donors (Lipinski definition) is 3. The average molecular weight is 601 g/mol. The summed E-state index contributed by atoms with van der Waals surface area (Å²) >= 11 is 0. The average Bonchev–Trinajstić information content (AvgIpc) is 2.85. The number of unbranched alkanes of at least 4 members (excludes halogenated alkanes) is 1. The summed E-state index contributed by atoms with van der Waals surface area (Å²) in [4.78, 5) is 20.8. The van der Waals surface area contributed by atoms with Crippen molar-refractivity contribution < 1.29 is 19.4 Å². The number of hydrogen-bond acceptors (Lipinski definition) is 4. The lowest BCUT2D eigenvalue weighted by Crippen LogP contribution is -2.38. The number of benzene rings is 2. The van der Waals surface area contributed by atoms with Gasteiger partial charge in [0.2, 0.25) is 0 Å². The minimum absolute atomic E-state index is 0.0286. The highest BCUT2D eigenvalue weighted by atomic mass is 31.2. The van der Waals surface area contributed by atoms with E-state index in [1.807, 2.05) is 0 Å². The van der Waals surface area contributed by atoms with Gasteiger partial charge in [-0.05, 0) is 67.9 Å². The zero-order valence-electron chi connectivity index (χ0n) is 29.1. The third-order valence-electron chi connectivity index (χ3n) is 8.95. The molecule has 0 saturated heterocycles. The number of aliphatic hydroxyl groups is 1. The number of rotatable bonds is 10. The second kappa shape index (κ2) is 13.4. The Morgan fingerprint density at radius 2 is 1.10 bits per heavy atom. The van der Waals surface area contributed by atoms with E-state index in [0.717, 1.165) is 35.1 Å². The molecule has 0 aliphatic carbocycles. The molecule has 0 bridgehead atoms. The molecule has 3 N–H and O–H groups in total. The first-order valence-corrected chi connectivity index (χ1v) is 17.0. The third kappa shape index (κ3) is 8.45. The van der Waals surface area contributed by atoms with Crippen LogP contribution in [0.4, 0.5) is 0 Å². The Morgan fingerprint density at radius 3 is 1.45 bits per heavy atom. The lowest BCUT2D eigenvalue weighted by molar-refractivity contribution is -0.0776. The minimum Gasteiger partial charge on any atom is -0.388 e. The molecule has 5 heteroatoms. The van der Waals surface area contributed by atoms with Crippen LogP contribution < -0.4 is 0 Å². The second-order valence-electron chi connectivity index (χ2n) is 16.4. The highest BCUT2D eigenvalue weighted by molar-refractivity contribution is 7.39. The van der Waals surface area contributed by atoms with Gasteiger partial charge in [0, 0.05) is 5.41 Å². The van der Waals surface area contributed by atoms with Crippen LogP contribution in [0.3, 0.4) is 0 Å². The molecule has 238 valence electrons. The number of aliphatic hydroxyl groups excluding tert-OH is 1. The second-order valence-corrected chi connectivity index (χ2v) is 17.2. The molecule has 2 rings (SSSR count). The molecule has 0 spiro atoms. The fraction of sp³-hybridized carbons (Fsp3) is 0.676. The van der Waals surface area contributed by atoms with Crippen molar-refractivity contribution >= 4 is 8.60 Å². The smallest absolute Gasteiger partial charge is 0.327 e. The van der Waals surface area contributed by atoms with Crippen molar-refractivity contribution in [3.8, 4) is 0 Å². The summed E-state index contributed by atoms with van der Waals surface area (Å²) in [7, 11) is -2.68. The van der Waals surface area contributed by atoms with Crippen LogP contribution in [0.1, 0.15) is 168 Å². The molecule has 0 saturated carbocycles. The van der Waals surface area contributed by atoms with Crippen LogP contribution in [0.25, 0.3) is 0 Å². The van der Waals surface area contributed by atoms with Gasteiger partial charge in [-0.1, -0.05) is 146 Å². The van der Waals surface area contributed by atoms with Gasteiger partial charge in [-0.2, -0.15) is 0 Å². The van der Waals surface area contributed by atoms with E-state index in [9.17, 15) is 14.9 Å². The van der Waals surface area contributed by atoms with Gasteiger partial charge < -0.3 is 19.4 Å². The lowest BCUT2D eigenvalue weighted by atomic mass is 9.63.